The van der Waals surface area contributed by atoms with Crippen molar-refractivity contribution < 1.29 is 4.39 Å². The quantitative estimate of drug-likeness (QED) is 0.851. The minimum absolute atomic E-state index is 0.0837. The molecular weight excluding hydrogens is 225 g/mol. The molecule has 1 aromatic carbocycles. The van der Waals surface area contributed by atoms with Crippen LogP contribution in [0.1, 0.15) is 44.1 Å². The Labute approximate surface area is 109 Å². The highest BCUT2D eigenvalue weighted by Gasteiger charge is 2.34. The third kappa shape index (κ3) is 2.92. The second-order valence-corrected chi connectivity index (χ2v) is 5.93. The Bertz CT molecular complexity index is 400. The Kier molecular flexibility index (Phi) is 3.64. The molecule has 2 aliphatic carbocycles. The zero-order valence-corrected chi connectivity index (χ0v) is 10.9. The molecule has 0 amide bonds. The zero-order valence-electron chi connectivity index (χ0n) is 10.9. The second-order valence-electron chi connectivity index (χ2n) is 5.93. The Hall–Kier alpha value is -0.890. The lowest BCUT2D eigenvalue weighted by atomic mass is 9.82. The van der Waals surface area contributed by atoms with Gasteiger partial charge in [0, 0.05) is 18.2 Å². The van der Waals surface area contributed by atoms with Crippen LogP contribution in [0, 0.1) is 17.7 Å². The first-order valence-corrected chi connectivity index (χ1v) is 7.29. The Morgan fingerprint density at radius 2 is 1.89 bits per heavy atom. The molecule has 0 spiro atoms. The first kappa shape index (κ1) is 12.2. The van der Waals surface area contributed by atoms with Crippen LogP contribution in [0.2, 0.25) is 0 Å². The summed E-state index contributed by atoms with van der Waals surface area (Å²) in [5.74, 6) is 1.87. The van der Waals surface area contributed by atoms with Crippen molar-refractivity contribution in [2.75, 3.05) is 0 Å². The van der Waals surface area contributed by atoms with Crippen molar-refractivity contribution in [1.82, 2.24) is 5.32 Å². The summed E-state index contributed by atoms with van der Waals surface area (Å²) in [5.41, 5.74) is 0.797. The van der Waals surface area contributed by atoms with Crippen molar-refractivity contribution >= 4 is 0 Å². The molecule has 1 nitrogen and oxygen atoms in total. The van der Waals surface area contributed by atoms with Gasteiger partial charge in [-0.25, -0.2) is 4.39 Å². The van der Waals surface area contributed by atoms with E-state index in [0.29, 0.717) is 12.6 Å². The Morgan fingerprint density at radius 1 is 1.06 bits per heavy atom. The SMILES string of the molecule is Fc1ccccc1CNC1CCCC(C2CC2)C1. The van der Waals surface area contributed by atoms with Crippen molar-refractivity contribution in [3.05, 3.63) is 35.6 Å². The fourth-order valence-corrected chi connectivity index (χ4v) is 3.30. The molecule has 0 radical (unpaired) electrons. The lowest BCUT2D eigenvalue weighted by Gasteiger charge is -2.30. The highest BCUT2D eigenvalue weighted by atomic mass is 19.1. The molecule has 2 saturated carbocycles. The smallest absolute Gasteiger partial charge is 0.127 e. The Morgan fingerprint density at radius 3 is 2.67 bits per heavy atom. The fraction of sp³-hybridized carbons (Fsp3) is 0.625. The maximum Gasteiger partial charge on any atom is 0.127 e. The van der Waals surface area contributed by atoms with Crippen LogP contribution >= 0.6 is 0 Å². The topological polar surface area (TPSA) is 12.0 Å². The molecule has 98 valence electrons. The molecule has 2 heteroatoms. The fourth-order valence-electron chi connectivity index (χ4n) is 3.30. The third-order valence-electron chi connectivity index (χ3n) is 4.54. The van der Waals surface area contributed by atoms with Gasteiger partial charge >= 0.3 is 0 Å². The van der Waals surface area contributed by atoms with Crippen molar-refractivity contribution in [2.24, 2.45) is 11.8 Å². The van der Waals surface area contributed by atoms with Gasteiger partial charge in [-0.1, -0.05) is 31.0 Å². The van der Waals surface area contributed by atoms with Crippen LogP contribution in [-0.2, 0) is 6.54 Å². The monoisotopic (exact) mass is 247 g/mol. The molecule has 18 heavy (non-hydrogen) atoms. The number of hydrogen-bond acceptors (Lipinski definition) is 1. The molecule has 0 aliphatic heterocycles. The summed E-state index contributed by atoms with van der Waals surface area (Å²) in [7, 11) is 0. The summed E-state index contributed by atoms with van der Waals surface area (Å²) in [4.78, 5) is 0. The predicted octanol–water partition coefficient (Wildman–Crippen LogP) is 3.88. The third-order valence-corrected chi connectivity index (χ3v) is 4.54. The van der Waals surface area contributed by atoms with Gasteiger partial charge < -0.3 is 5.32 Å². The number of halogens is 1. The number of benzene rings is 1. The van der Waals surface area contributed by atoms with Gasteiger partial charge in [0.05, 0.1) is 0 Å². The molecule has 3 rings (SSSR count). The van der Waals surface area contributed by atoms with Crippen LogP contribution in [0.25, 0.3) is 0 Å². The minimum atomic E-state index is -0.0837. The molecule has 1 N–H and O–H groups in total. The largest absolute Gasteiger partial charge is 0.310 e. The zero-order chi connectivity index (χ0) is 12.4. The van der Waals surface area contributed by atoms with Crippen molar-refractivity contribution in [3.63, 3.8) is 0 Å². The van der Waals surface area contributed by atoms with E-state index in [1.807, 2.05) is 12.1 Å². The maximum absolute atomic E-state index is 13.5. The van der Waals surface area contributed by atoms with E-state index in [-0.39, 0.29) is 5.82 Å². The van der Waals surface area contributed by atoms with Gasteiger partial charge in [-0.15, -0.1) is 0 Å². The molecule has 0 bridgehead atoms. The second kappa shape index (κ2) is 5.40. The van der Waals surface area contributed by atoms with Crippen molar-refractivity contribution in [1.29, 1.82) is 0 Å². The van der Waals surface area contributed by atoms with E-state index in [2.05, 4.69) is 5.32 Å². The van der Waals surface area contributed by atoms with Gasteiger partial charge in [-0.2, -0.15) is 0 Å². The lowest BCUT2D eigenvalue weighted by molar-refractivity contribution is 0.259. The van der Waals surface area contributed by atoms with Crippen LogP contribution in [0.3, 0.4) is 0 Å². The van der Waals surface area contributed by atoms with Gasteiger partial charge in [-0.05, 0) is 43.6 Å². The lowest BCUT2D eigenvalue weighted by Crippen LogP contribution is -2.34. The van der Waals surface area contributed by atoms with Crippen LogP contribution in [0.15, 0.2) is 24.3 Å². The van der Waals surface area contributed by atoms with E-state index < -0.39 is 0 Å². The number of rotatable bonds is 4. The van der Waals surface area contributed by atoms with Crippen LogP contribution < -0.4 is 5.32 Å². The number of nitrogens with one attached hydrogen (secondary N) is 1. The molecule has 2 unspecified atom stereocenters. The molecule has 1 aromatic rings. The molecular formula is C16H22FN. The average Bonchev–Trinajstić information content (AvgIpc) is 3.23. The molecule has 0 heterocycles. The molecule has 0 aromatic heterocycles. The van der Waals surface area contributed by atoms with Crippen LogP contribution in [0.5, 0.6) is 0 Å². The van der Waals surface area contributed by atoms with E-state index >= 15 is 0 Å². The molecule has 2 atom stereocenters. The van der Waals surface area contributed by atoms with E-state index in [0.717, 1.165) is 17.4 Å². The van der Waals surface area contributed by atoms with Crippen LogP contribution in [0.4, 0.5) is 4.39 Å². The molecule has 0 saturated heterocycles. The van der Waals surface area contributed by atoms with E-state index in [9.17, 15) is 4.39 Å². The van der Waals surface area contributed by atoms with Gasteiger partial charge in [0.15, 0.2) is 0 Å². The Balaban J connectivity index is 1.52. The summed E-state index contributed by atoms with van der Waals surface area (Å²) in [6, 6.07) is 7.69. The first-order chi connectivity index (χ1) is 8.83. The highest BCUT2D eigenvalue weighted by Crippen LogP contribution is 2.43. The maximum atomic E-state index is 13.5. The normalized spacial score (nSPS) is 28.3. The van der Waals surface area contributed by atoms with Crippen LogP contribution in [-0.4, -0.2) is 6.04 Å². The van der Waals surface area contributed by atoms with Crippen molar-refractivity contribution in [2.45, 2.75) is 51.1 Å². The van der Waals surface area contributed by atoms with E-state index in [1.165, 1.54) is 38.5 Å². The van der Waals surface area contributed by atoms with Crippen molar-refractivity contribution in [3.8, 4) is 0 Å². The molecule has 2 aliphatic rings. The predicted molar refractivity (Wildman–Crippen MR) is 71.7 cm³/mol. The van der Waals surface area contributed by atoms with Gasteiger partial charge in [0.1, 0.15) is 5.82 Å². The average molecular weight is 247 g/mol. The summed E-state index contributed by atoms with van der Waals surface area (Å²) in [5, 5.41) is 3.55. The van der Waals surface area contributed by atoms with E-state index in [4.69, 9.17) is 0 Å². The summed E-state index contributed by atoms with van der Waals surface area (Å²) in [6.45, 7) is 0.675. The minimum Gasteiger partial charge on any atom is -0.310 e. The first-order valence-electron chi connectivity index (χ1n) is 7.29. The summed E-state index contributed by atoms with van der Waals surface area (Å²) >= 11 is 0. The summed E-state index contributed by atoms with van der Waals surface area (Å²) in [6.07, 6.45) is 8.23. The van der Waals surface area contributed by atoms with Gasteiger partial charge in [0.2, 0.25) is 0 Å². The summed E-state index contributed by atoms with van der Waals surface area (Å²) < 4.78 is 13.5. The number of hydrogen-bond donors (Lipinski definition) is 1. The van der Waals surface area contributed by atoms with Gasteiger partial charge in [-0.3, -0.25) is 0 Å². The van der Waals surface area contributed by atoms with E-state index in [1.54, 1.807) is 12.1 Å². The molecule has 2 fully saturated rings. The highest BCUT2D eigenvalue weighted by molar-refractivity contribution is 5.17. The standard InChI is InChI=1S/C16H22FN/c17-16-7-2-1-4-14(16)11-18-15-6-3-5-13(10-15)12-8-9-12/h1-2,4,7,12-13,15,18H,3,5-6,8-11H2. The van der Waals surface area contributed by atoms with Gasteiger partial charge in [0.25, 0.3) is 0 Å².